The van der Waals surface area contributed by atoms with Crippen molar-refractivity contribution < 1.29 is 9.53 Å². The molecule has 0 fully saturated rings. The Kier molecular flexibility index (Phi) is 5.72. The van der Waals surface area contributed by atoms with Crippen LogP contribution in [-0.2, 0) is 4.79 Å². The van der Waals surface area contributed by atoms with E-state index in [9.17, 15) is 4.79 Å². The first-order chi connectivity index (χ1) is 14.0. The summed E-state index contributed by atoms with van der Waals surface area (Å²) in [5.41, 5.74) is 3.13. The zero-order valence-corrected chi connectivity index (χ0v) is 17.7. The monoisotopic (exact) mass is 442 g/mol. The molecule has 0 bridgehead atoms. The number of benzene rings is 3. The van der Waals surface area contributed by atoms with Crippen LogP contribution in [0.25, 0.3) is 20.8 Å². The van der Waals surface area contributed by atoms with Gasteiger partial charge >= 0.3 is 0 Å². The molecule has 1 N–H and O–H groups in total. The van der Waals surface area contributed by atoms with Gasteiger partial charge in [0.2, 0.25) is 0 Å². The number of amides is 1. The molecule has 0 aliphatic rings. The summed E-state index contributed by atoms with van der Waals surface area (Å²) in [6.07, 6.45) is 0. The third-order valence-electron chi connectivity index (χ3n) is 4.21. The lowest BCUT2D eigenvalue weighted by molar-refractivity contribution is -0.118. The molecule has 0 aliphatic heterocycles. The van der Waals surface area contributed by atoms with E-state index in [1.165, 1.54) is 11.3 Å². The van der Waals surface area contributed by atoms with Crippen molar-refractivity contribution in [3.8, 4) is 16.3 Å². The Morgan fingerprint density at radius 2 is 1.90 bits per heavy atom. The number of carbonyl (C=O) groups excluding carboxylic acids is 1. The van der Waals surface area contributed by atoms with Crippen LogP contribution in [0.15, 0.2) is 60.7 Å². The number of ether oxygens (including phenoxy) is 1. The van der Waals surface area contributed by atoms with Crippen LogP contribution >= 0.6 is 34.5 Å². The molecule has 0 unspecified atom stereocenters. The molecular formula is C22H16Cl2N2O2S. The van der Waals surface area contributed by atoms with Gasteiger partial charge in [0.1, 0.15) is 10.8 Å². The van der Waals surface area contributed by atoms with Crippen molar-refractivity contribution in [1.29, 1.82) is 0 Å². The van der Waals surface area contributed by atoms with E-state index in [1.54, 1.807) is 18.2 Å². The second-order valence-electron chi connectivity index (χ2n) is 6.45. The molecule has 0 saturated heterocycles. The van der Waals surface area contributed by atoms with E-state index in [1.807, 2.05) is 49.4 Å². The first-order valence-electron chi connectivity index (χ1n) is 8.84. The van der Waals surface area contributed by atoms with Crippen LogP contribution in [0, 0.1) is 6.92 Å². The van der Waals surface area contributed by atoms with E-state index >= 15 is 0 Å². The Morgan fingerprint density at radius 3 is 2.69 bits per heavy atom. The maximum absolute atomic E-state index is 12.4. The van der Waals surface area contributed by atoms with Crippen LogP contribution in [-0.4, -0.2) is 17.5 Å². The molecule has 1 aromatic heterocycles. The number of nitrogens with zero attached hydrogens (tertiary/aromatic N) is 1. The fourth-order valence-corrected chi connectivity index (χ4v) is 4.41. The van der Waals surface area contributed by atoms with Crippen LogP contribution in [0.3, 0.4) is 0 Å². The third-order valence-corrected chi connectivity index (χ3v) is 5.91. The van der Waals surface area contributed by atoms with E-state index < -0.39 is 0 Å². The number of thiazole rings is 1. The lowest BCUT2D eigenvalue weighted by atomic mass is 10.2. The zero-order valence-electron chi connectivity index (χ0n) is 15.4. The van der Waals surface area contributed by atoms with Crippen molar-refractivity contribution in [2.24, 2.45) is 0 Å². The van der Waals surface area contributed by atoms with Gasteiger partial charge < -0.3 is 10.1 Å². The first kappa shape index (κ1) is 19.7. The summed E-state index contributed by atoms with van der Waals surface area (Å²) in [5.74, 6) is 0.323. The van der Waals surface area contributed by atoms with E-state index in [-0.39, 0.29) is 12.5 Å². The minimum Gasteiger partial charge on any atom is -0.484 e. The van der Waals surface area contributed by atoms with Crippen molar-refractivity contribution in [2.75, 3.05) is 11.9 Å². The average Bonchev–Trinajstić information content (AvgIpc) is 3.12. The predicted molar refractivity (Wildman–Crippen MR) is 120 cm³/mol. The number of hydrogen-bond acceptors (Lipinski definition) is 4. The van der Waals surface area contributed by atoms with Crippen LogP contribution < -0.4 is 10.1 Å². The fourth-order valence-electron chi connectivity index (χ4n) is 2.84. The summed E-state index contributed by atoms with van der Waals surface area (Å²) in [4.78, 5) is 17.0. The molecular weight excluding hydrogens is 427 g/mol. The molecule has 4 rings (SSSR count). The number of anilines is 1. The third kappa shape index (κ3) is 4.53. The Hall–Kier alpha value is -2.60. The summed E-state index contributed by atoms with van der Waals surface area (Å²) >= 11 is 14.2. The largest absolute Gasteiger partial charge is 0.484 e. The highest BCUT2D eigenvalue weighted by atomic mass is 35.5. The van der Waals surface area contributed by atoms with E-state index in [0.717, 1.165) is 20.8 Å². The number of rotatable bonds is 5. The number of fused-ring (bicyclic) bond motifs is 1. The molecule has 0 spiro atoms. The number of nitrogens with one attached hydrogen (secondary N) is 1. The molecule has 0 radical (unpaired) electrons. The Morgan fingerprint density at radius 1 is 1.07 bits per heavy atom. The minimum absolute atomic E-state index is 0.126. The van der Waals surface area contributed by atoms with Gasteiger partial charge in [-0.25, -0.2) is 4.98 Å². The number of aromatic nitrogens is 1. The van der Waals surface area contributed by atoms with Crippen LogP contribution in [0.2, 0.25) is 10.0 Å². The average molecular weight is 443 g/mol. The lowest BCUT2D eigenvalue weighted by Crippen LogP contribution is -2.20. The number of hydrogen-bond donors (Lipinski definition) is 1. The van der Waals surface area contributed by atoms with Gasteiger partial charge in [0, 0.05) is 5.56 Å². The molecule has 1 heterocycles. The van der Waals surface area contributed by atoms with Gasteiger partial charge in [0.05, 0.1) is 25.9 Å². The summed E-state index contributed by atoms with van der Waals surface area (Å²) in [5, 5.41) is 4.38. The first-order valence-corrected chi connectivity index (χ1v) is 10.4. The molecule has 0 saturated carbocycles. The lowest BCUT2D eigenvalue weighted by Gasteiger charge is -2.11. The SMILES string of the molecule is Cc1cccc(OCC(=O)Nc2cc(-c3nc4ccccc4s3)c(Cl)cc2Cl)c1. The smallest absolute Gasteiger partial charge is 0.262 e. The highest BCUT2D eigenvalue weighted by molar-refractivity contribution is 7.21. The van der Waals surface area contributed by atoms with Crippen molar-refractivity contribution in [1.82, 2.24) is 4.98 Å². The maximum Gasteiger partial charge on any atom is 0.262 e. The number of halogens is 2. The minimum atomic E-state index is -0.314. The maximum atomic E-state index is 12.4. The van der Waals surface area contributed by atoms with Gasteiger partial charge in [-0.3, -0.25) is 4.79 Å². The van der Waals surface area contributed by atoms with Crippen LogP contribution in [0.1, 0.15) is 5.56 Å². The van der Waals surface area contributed by atoms with Gasteiger partial charge in [0.25, 0.3) is 5.91 Å². The summed E-state index contributed by atoms with van der Waals surface area (Å²) < 4.78 is 6.61. The Labute approximate surface area is 182 Å². The molecule has 146 valence electrons. The molecule has 1 amide bonds. The summed E-state index contributed by atoms with van der Waals surface area (Å²) in [6, 6.07) is 18.7. The molecule has 4 nitrogen and oxygen atoms in total. The normalized spacial score (nSPS) is 10.9. The fraction of sp³-hybridized carbons (Fsp3) is 0.0909. The van der Waals surface area contributed by atoms with Crippen LogP contribution in [0.4, 0.5) is 5.69 Å². The standard InChI is InChI=1S/C22H16Cl2N2O2S/c1-13-5-4-6-14(9-13)28-12-21(27)25-19-10-15(16(23)11-17(19)24)22-26-18-7-2-3-8-20(18)29-22/h2-11H,12H2,1H3,(H,25,27). The molecule has 7 heteroatoms. The summed E-state index contributed by atoms with van der Waals surface area (Å²) in [7, 11) is 0. The van der Waals surface area contributed by atoms with Gasteiger partial charge in [-0.1, -0.05) is 47.5 Å². The number of aryl methyl sites for hydroxylation is 1. The molecule has 4 aromatic rings. The Bertz CT molecular complexity index is 1170. The van der Waals surface area contributed by atoms with Crippen molar-refractivity contribution in [3.63, 3.8) is 0 Å². The quantitative estimate of drug-likeness (QED) is 0.378. The topological polar surface area (TPSA) is 51.2 Å². The summed E-state index contributed by atoms with van der Waals surface area (Å²) in [6.45, 7) is 1.84. The molecule has 29 heavy (non-hydrogen) atoms. The highest BCUT2D eigenvalue weighted by Crippen LogP contribution is 2.38. The van der Waals surface area contributed by atoms with Crippen molar-refractivity contribution >= 4 is 56.3 Å². The Balaban J connectivity index is 1.54. The molecule has 0 aliphatic carbocycles. The number of carbonyl (C=O) groups is 1. The zero-order chi connectivity index (χ0) is 20.4. The highest BCUT2D eigenvalue weighted by Gasteiger charge is 2.15. The van der Waals surface area contributed by atoms with Crippen molar-refractivity contribution in [3.05, 3.63) is 76.3 Å². The van der Waals surface area contributed by atoms with Gasteiger partial charge in [-0.05, 0) is 48.9 Å². The molecule has 0 atom stereocenters. The number of para-hydroxylation sites is 1. The van der Waals surface area contributed by atoms with Crippen molar-refractivity contribution in [2.45, 2.75) is 6.92 Å². The van der Waals surface area contributed by atoms with Gasteiger partial charge in [0.15, 0.2) is 6.61 Å². The van der Waals surface area contributed by atoms with Gasteiger partial charge in [-0.2, -0.15) is 0 Å². The predicted octanol–water partition coefficient (Wildman–Crippen LogP) is 6.60. The van der Waals surface area contributed by atoms with E-state index in [2.05, 4.69) is 10.3 Å². The second kappa shape index (κ2) is 8.41. The second-order valence-corrected chi connectivity index (χ2v) is 8.30. The van der Waals surface area contributed by atoms with E-state index in [0.29, 0.717) is 27.0 Å². The van der Waals surface area contributed by atoms with Crippen LogP contribution in [0.5, 0.6) is 5.75 Å². The molecule has 3 aromatic carbocycles. The van der Waals surface area contributed by atoms with Gasteiger partial charge in [-0.15, -0.1) is 11.3 Å². The van der Waals surface area contributed by atoms with E-state index in [4.69, 9.17) is 27.9 Å².